The van der Waals surface area contributed by atoms with Gasteiger partial charge in [0.05, 0.1) is 0 Å². The van der Waals surface area contributed by atoms with Gasteiger partial charge in [-0.2, -0.15) is 0 Å². The molecule has 1 unspecified atom stereocenters. The zero-order chi connectivity index (χ0) is 13.7. The van der Waals surface area contributed by atoms with Crippen molar-refractivity contribution in [3.63, 3.8) is 0 Å². The molecule has 0 radical (unpaired) electrons. The Morgan fingerprint density at radius 3 is 3.05 bits per heavy atom. The lowest BCUT2D eigenvalue weighted by Crippen LogP contribution is -2.36. The van der Waals surface area contributed by atoms with Crippen LogP contribution in [0.15, 0.2) is 11.2 Å². The summed E-state index contributed by atoms with van der Waals surface area (Å²) >= 11 is 1.56. The third-order valence-electron chi connectivity index (χ3n) is 3.51. The predicted octanol–water partition coefficient (Wildman–Crippen LogP) is 1.84. The van der Waals surface area contributed by atoms with E-state index in [1.165, 1.54) is 6.42 Å². The number of hydrogen-bond acceptors (Lipinski definition) is 6. The molecular weight excluding hydrogens is 260 g/mol. The van der Waals surface area contributed by atoms with Gasteiger partial charge in [0.15, 0.2) is 5.16 Å². The Labute approximate surface area is 118 Å². The number of hydrogen-bond donors (Lipinski definition) is 2. The van der Waals surface area contributed by atoms with Gasteiger partial charge in [0.2, 0.25) is 0 Å². The number of aliphatic hydroxyl groups excluding tert-OH is 1. The lowest BCUT2D eigenvalue weighted by molar-refractivity contribution is 0.244. The second-order valence-electron chi connectivity index (χ2n) is 4.81. The first-order chi connectivity index (χ1) is 9.26. The average Bonchev–Trinajstić information content (AvgIpc) is 2.47. The van der Waals surface area contributed by atoms with E-state index in [2.05, 4.69) is 20.2 Å². The molecule has 5 nitrogen and oxygen atoms in total. The summed E-state index contributed by atoms with van der Waals surface area (Å²) in [6.07, 6.45) is 5.24. The molecule has 0 bridgehead atoms. The number of piperidine rings is 1. The Morgan fingerprint density at radius 1 is 1.53 bits per heavy atom. The third-order valence-corrected chi connectivity index (χ3v) is 4.06. The van der Waals surface area contributed by atoms with Crippen molar-refractivity contribution in [3.8, 4) is 0 Å². The summed E-state index contributed by atoms with van der Waals surface area (Å²) in [4.78, 5) is 11.3. The van der Waals surface area contributed by atoms with Crippen molar-refractivity contribution in [2.75, 3.05) is 43.2 Å². The van der Waals surface area contributed by atoms with E-state index in [-0.39, 0.29) is 6.61 Å². The molecule has 19 heavy (non-hydrogen) atoms. The van der Waals surface area contributed by atoms with Crippen LogP contribution < -0.4 is 10.2 Å². The zero-order valence-electron chi connectivity index (χ0n) is 11.6. The largest absolute Gasteiger partial charge is 0.396 e. The minimum Gasteiger partial charge on any atom is -0.396 e. The van der Waals surface area contributed by atoms with E-state index < -0.39 is 0 Å². The van der Waals surface area contributed by atoms with Gasteiger partial charge in [-0.05, 0) is 31.4 Å². The molecule has 1 atom stereocenters. The Balaban J connectivity index is 2.15. The van der Waals surface area contributed by atoms with Gasteiger partial charge in [0.1, 0.15) is 11.6 Å². The minimum absolute atomic E-state index is 0.278. The summed E-state index contributed by atoms with van der Waals surface area (Å²) in [6.45, 7) is 2.30. The summed E-state index contributed by atoms with van der Waals surface area (Å²) in [6, 6.07) is 2.00. The van der Waals surface area contributed by atoms with E-state index in [1.807, 2.05) is 19.4 Å². The summed E-state index contributed by atoms with van der Waals surface area (Å²) in [5, 5.41) is 13.0. The molecule has 1 aliphatic heterocycles. The minimum atomic E-state index is 0.278. The number of aliphatic hydroxyl groups is 1. The van der Waals surface area contributed by atoms with Crippen molar-refractivity contribution in [2.24, 2.45) is 5.92 Å². The van der Waals surface area contributed by atoms with Crippen LogP contribution in [0.5, 0.6) is 0 Å². The highest BCUT2D eigenvalue weighted by molar-refractivity contribution is 7.98. The lowest BCUT2D eigenvalue weighted by Gasteiger charge is -2.33. The fourth-order valence-electron chi connectivity index (χ4n) is 2.49. The molecule has 1 aromatic rings. The fourth-order valence-corrected chi connectivity index (χ4v) is 2.86. The first kappa shape index (κ1) is 14.4. The normalized spacial score (nSPS) is 19.5. The second kappa shape index (κ2) is 6.96. The molecule has 0 saturated carbocycles. The summed E-state index contributed by atoms with van der Waals surface area (Å²) < 4.78 is 0. The van der Waals surface area contributed by atoms with Gasteiger partial charge < -0.3 is 15.3 Å². The molecule has 1 fully saturated rings. The molecule has 1 saturated heterocycles. The number of nitrogens with zero attached hydrogens (tertiary/aromatic N) is 3. The molecule has 0 amide bonds. The maximum absolute atomic E-state index is 9.08. The number of anilines is 2. The Hall–Kier alpha value is -1.01. The van der Waals surface area contributed by atoms with E-state index in [0.29, 0.717) is 5.92 Å². The van der Waals surface area contributed by atoms with Crippen LogP contribution in [0.25, 0.3) is 0 Å². The van der Waals surface area contributed by atoms with Crippen molar-refractivity contribution in [3.05, 3.63) is 6.07 Å². The van der Waals surface area contributed by atoms with E-state index >= 15 is 0 Å². The van der Waals surface area contributed by atoms with Gasteiger partial charge in [0.25, 0.3) is 0 Å². The summed E-state index contributed by atoms with van der Waals surface area (Å²) in [5.41, 5.74) is 0. The SMILES string of the molecule is CNc1cc(N2CCCC(CCO)C2)nc(SC)n1. The summed E-state index contributed by atoms with van der Waals surface area (Å²) in [7, 11) is 1.88. The van der Waals surface area contributed by atoms with Gasteiger partial charge >= 0.3 is 0 Å². The summed E-state index contributed by atoms with van der Waals surface area (Å²) in [5.74, 6) is 2.43. The van der Waals surface area contributed by atoms with Crippen molar-refractivity contribution >= 4 is 23.4 Å². The Kier molecular flexibility index (Phi) is 5.27. The first-order valence-corrected chi connectivity index (χ1v) is 7.96. The molecule has 0 spiro atoms. The maximum Gasteiger partial charge on any atom is 0.191 e. The van der Waals surface area contributed by atoms with Gasteiger partial charge in [-0.15, -0.1) is 0 Å². The van der Waals surface area contributed by atoms with Gasteiger partial charge in [-0.25, -0.2) is 9.97 Å². The van der Waals surface area contributed by atoms with Crippen LogP contribution in [0, 0.1) is 5.92 Å². The molecule has 1 aromatic heterocycles. The standard InChI is InChI=1S/C13H22N4OS/c1-14-11-8-12(16-13(15-11)19-2)17-6-3-4-10(9-17)5-7-18/h8,10,18H,3-7,9H2,1-2H3,(H,14,15,16). The quantitative estimate of drug-likeness (QED) is 0.635. The molecule has 0 aromatic carbocycles. The van der Waals surface area contributed by atoms with Crippen LogP contribution in [-0.4, -0.2) is 48.1 Å². The van der Waals surface area contributed by atoms with Gasteiger partial charge in [-0.1, -0.05) is 11.8 Å². The van der Waals surface area contributed by atoms with Crippen LogP contribution in [0.3, 0.4) is 0 Å². The van der Waals surface area contributed by atoms with Gasteiger partial charge in [0, 0.05) is 32.8 Å². The highest BCUT2D eigenvalue weighted by Gasteiger charge is 2.21. The first-order valence-electron chi connectivity index (χ1n) is 6.73. The molecule has 106 valence electrons. The van der Waals surface area contributed by atoms with E-state index in [0.717, 1.165) is 42.7 Å². The fraction of sp³-hybridized carbons (Fsp3) is 0.692. The van der Waals surface area contributed by atoms with Crippen LogP contribution in [-0.2, 0) is 0 Å². The van der Waals surface area contributed by atoms with E-state index in [1.54, 1.807) is 11.8 Å². The van der Waals surface area contributed by atoms with E-state index in [9.17, 15) is 0 Å². The van der Waals surface area contributed by atoms with Crippen LogP contribution in [0.1, 0.15) is 19.3 Å². The number of thioether (sulfide) groups is 1. The van der Waals surface area contributed by atoms with Crippen LogP contribution >= 0.6 is 11.8 Å². The highest BCUT2D eigenvalue weighted by atomic mass is 32.2. The number of aromatic nitrogens is 2. The highest BCUT2D eigenvalue weighted by Crippen LogP contribution is 2.26. The third kappa shape index (κ3) is 3.73. The Morgan fingerprint density at radius 2 is 2.37 bits per heavy atom. The molecule has 1 aliphatic rings. The zero-order valence-corrected chi connectivity index (χ0v) is 12.4. The monoisotopic (exact) mass is 282 g/mol. The van der Waals surface area contributed by atoms with E-state index in [4.69, 9.17) is 5.11 Å². The molecule has 0 aliphatic carbocycles. The predicted molar refractivity (Wildman–Crippen MR) is 80.0 cm³/mol. The van der Waals surface area contributed by atoms with Crippen molar-refractivity contribution < 1.29 is 5.11 Å². The van der Waals surface area contributed by atoms with Crippen molar-refractivity contribution in [1.29, 1.82) is 0 Å². The van der Waals surface area contributed by atoms with Gasteiger partial charge in [-0.3, -0.25) is 0 Å². The number of rotatable bonds is 5. The average molecular weight is 282 g/mol. The van der Waals surface area contributed by atoms with Crippen LogP contribution in [0.2, 0.25) is 0 Å². The van der Waals surface area contributed by atoms with Crippen LogP contribution in [0.4, 0.5) is 11.6 Å². The second-order valence-corrected chi connectivity index (χ2v) is 5.59. The van der Waals surface area contributed by atoms with Crippen molar-refractivity contribution in [1.82, 2.24) is 9.97 Å². The molecule has 2 N–H and O–H groups in total. The van der Waals surface area contributed by atoms with Crippen molar-refractivity contribution in [2.45, 2.75) is 24.4 Å². The molecule has 6 heteroatoms. The Bertz CT molecular complexity index is 391. The smallest absolute Gasteiger partial charge is 0.191 e. The topological polar surface area (TPSA) is 61.3 Å². The molecule has 2 heterocycles. The number of nitrogens with one attached hydrogen (secondary N) is 1. The maximum atomic E-state index is 9.08. The molecular formula is C13H22N4OS. The molecule has 2 rings (SSSR count). The lowest BCUT2D eigenvalue weighted by atomic mass is 9.95.